The maximum atomic E-state index is 12.2. The van der Waals surface area contributed by atoms with Gasteiger partial charge in [-0.05, 0) is 85.4 Å². The van der Waals surface area contributed by atoms with Crippen LogP contribution in [0, 0.1) is 6.92 Å². The van der Waals surface area contributed by atoms with Crippen LogP contribution in [-0.4, -0.2) is 26.2 Å². The Morgan fingerprint density at radius 3 is 2.41 bits per heavy atom. The van der Waals surface area contributed by atoms with E-state index in [0.29, 0.717) is 16.6 Å². The molecule has 0 atom stereocenters. The van der Waals surface area contributed by atoms with Gasteiger partial charge in [-0.15, -0.1) is 18.3 Å². The number of nitrogens with two attached hydrogens (primary N) is 1. The van der Waals surface area contributed by atoms with Gasteiger partial charge in [0.2, 0.25) is 0 Å². The minimum Gasteiger partial charge on any atom is -0.406 e. The normalized spacial score (nSPS) is 10.9. The smallest absolute Gasteiger partial charge is 0.406 e. The van der Waals surface area contributed by atoms with E-state index in [1.165, 1.54) is 52.0 Å². The van der Waals surface area contributed by atoms with Gasteiger partial charge in [-0.3, -0.25) is 0 Å². The number of aryl methyl sites for hydroxylation is 3. The Morgan fingerprint density at radius 1 is 1.05 bits per heavy atom. The van der Waals surface area contributed by atoms with Crippen molar-refractivity contribution in [1.82, 2.24) is 14.8 Å². The maximum absolute atomic E-state index is 12.2. The lowest BCUT2D eigenvalue weighted by Crippen LogP contribution is -2.20. The number of aromatic nitrogens is 3. The minimum absolute atomic E-state index is 0.273. The highest BCUT2D eigenvalue weighted by atomic mass is 32.1. The SMILES string of the molecule is CCCCc1cccc(-c2ncn(-c3ccc(OC(F)(F)F)cc3)n2)c1.CCc1cccc(C)c1NC(N)=S. The van der Waals surface area contributed by atoms with Crippen LogP contribution in [-0.2, 0) is 12.8 Å². The van der Waals surface area contributed by atoms with Gasteiger partial charge in [-0.2, -0.15) is 0 Å². The third-order valence-corrected chi connectivity index (χ3v) is 5.92. The number of hydrogen-bond acceptors (Lipinski definition) is 4. The van der Waals surface area contributed by atoms with Gasteiger partial charge < -0.3 is 15.8 Å². The molecule has 0 fully saturated rings. The standard InChI is InChI=1S/C19H18F3N3O.C10H14N2S/c1-2-3-5-14-6-4-7-15(12-14)18-23-13-25(24-18)16-8-10-17(11-9-16)26-19(20,21)22;1-3-8-6-4-5-7(2)9(8)12-10(11)13/h4,6-13H,2-3,5H2,1H3;4-6H,3H2,1-2H3,(H3,11,12,13). The number of thiocarbonyl (C=S) groups is 1. The molecule has 39 heavy (non-hydrogen) atoms. The fraction of sp³-hybridized carbons (Fsp3) is 0.276. The van der Waals surface area contributed by atoms with Crippen LogP contribution in [0.5, 0.6) is 5.75 Å². The Morgan fingerprint density at radius 2 is 1.77 bits per heavy atom. The number of para-hydroxylation sites is 1. The van der Waals surface area contributed by atoms with Crippen LogP contribution in [0.15, 0.2) is 73.1 Å². The van der Waals surface area contributed by atoms with Crippen molar-refractivity contribution in [3.63, 3.8) is 0 Å². The second-order valence-corrected chi connectivity index (χ2v) is 9.25. The fourth-order valence-corrected chi connectivity index (χ4v) is 3.99. The van der Waals surface area contributed by atoms with Gasteiger partial charge in [0.1, 0.15) is 12.1 Å². The van der Waals surface area contributed by atoms with Crippen molar-refractivity contribution >= 4 is 23.0 Å². The zero-order chi connectivity index (χ0) is 28.4. The first kappa shape index (κ1) is 29.6. The molecule has 0 aliphatic heterocycles. The van der Waals surface area contributed by atoms with Gasteiger partial charge in [0, 0.05) is 11.3 Å². The number of alkyl halides is 3. The predicted octanol–water partition coefficient (Wildman–Crippen LogP) is 7.39. The summed E-state index contributed by atoms with van der Waals surface area (Å²) >= 11 is 4.81. The number of nitrogens with one attached hydrogen (secondary N) is 1. The van der Waals surface area contributed by atoms with Crippen molar-refractivity contribution in [2.45, 2.75) is 52.8 Å². The van der Waals surface area contributed by atoms with E-state index in [-0.39, 0.29) is 5.75 Å². The van der Waals surface area contributed by atoms with E-state index in [1.807, 2.05) is 31.2 Å². The Balaban J connectivity index is 0.000000272. The zero-order valence-corrected chi connectivity index (χ0v) is 22.9. The molecule has 0 bridgehead atoms. The summed E-state index contributed by atoms with van der Waals surface area (Å²) < 4.78 is 42.0. The second-order valence-electron chi connectivity index (χ2n) is 8.81. The Labute approximate surface area is 232 Å². The molecule has 1 heterocycles. The molecule has 0 spiro atoms. The molecule has 0 unspecified atom stereocenters. The summed E-state index contributed by atoms with van der Waals surface area (Å²) in [5.74, 6) is 0.296. The highest BCUT2D eigenvalue weighted by Gasteiger charge is 2.31. The molecule has 0 saturated heterocycles. The molecule has 10 heteroatoms. The van der Waals surface area contributed by atoms with Gasteiger partial charge >= 0.3 is 6.36 Å². The molecule has 0 saturated carbocycles. The molecule has 1 aromatic heterocycles. The van der Waals surface area contributed by atoms with Crippen molar-refractivity contribution < 1.29 is 17.9 Å². The summed E-state index contributed by atoms with van der Waals surface area (Å²) in [5.41, 5.74) is 11.6. The fourth-order valence-electron chi connectivity index (χ4n) is 3.89. The number of rotatable bonds is 8. The first-order valence-electron chi connectivity index (χ1n) is 12.6. The van der Waals surface area contributed by atoms with Crippen molar-refractivity contribution in [2.24, 2.45) is 5.73 Å². The van der Waals surface area contributed by atoms with Crippen LogP contribution in [0.3, 0.4) is 0 Å². The third kappa shape index (κ3) is 9.10. The van der Waals surface area contributed by atoms with Gasteiger partial charge in [0.25, 0.3) is 0 Å². The number of unbranched alkanes of at least 4 members (excludes halogenated alkanes) is 1. The summed E-state index contributed by atoms with van der Waals surface area (Å²) in [7, 11) is 0. The number of anilines is 1. The highest BCUT2D eigenvalue weighted by molar-refractivity contribution is 7.80. The van der Waals surface area contributed by atoms with Crippen LogP contribution in [0.1, 0.15) is 43.4 Å². The summed E-state index contributed by atoms with van der Waals surface area (Å²) in [6.45, 7) is 6.30. The number of halogens is 3. The van der Waals surface area contributed by atoms with Crippen molar-refractivity contribution in [3.05, 3.63) is 89.7 Å². The lowest BCUT2D eigenvalue weighted by atomic mass is 10.1. The molecule has 206 valence electrons. The van der Waals surface area contributed by atoms with E-state index < -0.39 is 6.36 Å². The van der Waals surface area contributed by atoms with E-state index >= 15 is 0 Å². The summed E-state index contributed by atoms with van der Waals surface area (Å²) in [6, 6.07) is 19.7. The number of benzene rings is 3. The van der Waals surface area contributed by atoms with E-state index in [1.54, 1.807) is 0 Å². The largest absolute Gasteiger partial charge is 0.573 e. The molecule has 4 rings (SSSR count). The molecule has 3 aromatic carbocycles. The number of hydrogen-bond donors (Lipinski definition) is 2. The van der Waals surface area contributed by atoms with E-state index in [2.05, 4.69) is 52.2 Å². The van der Waals surface area contributed by atoms with Crippen LogP contribution in [0.2, 0.25) is 0 Å². The molecule has 3 N–H and O–H groups in total. The molecule has 6 nitrogen and oxygen atoms in total. The van der Waals surface area contributed by atoms with E-state index in [0.717, 1.165) is 36.9 Å². The van der Waals surface area contributed by atoms with Crippen LogP contribution in [0.4, 0.5) is 18.9 Å². The molecular formula is C29H32F3N5OS. The predicted molar refractivity (Wildman–Crippen MR) is 153 cm³/mol. The van der Waals surface area contributed by atoms with Crippen molar-refractivity contribution in [3.8, 4) is 22.8 Å². The first-order chi connectivity index (χ1) is 18.6. The highest BCUT2D eigenvalue weighted by Crippen LogP contribution is 2.24. The average Bonchev–Trinajstić information content (AvgIpc) is 3.39. The molecule has 0 radical (unpaired) electrons. The van der Waals surface area contributed by atoms with Crippen molar-refractivity contribution in [2.75, 3.05) is 5.32 Å². The van der Waals surface area contributed by atoms with E-state index in [4.69, 9.17) is 18.0 Å². The molecular weight excluding hydrogens is 523 g/mol. The van der Waals surface area contributed by atoms with Crippen LogP contribution in [0.25, 0.3) is 17.1 Å². The Hall–Kier alpha value is -3.92. The van der Waals surface area contributed by atoms with Crippen molar-refractivity contribution in [1.29, 1.82) is 0 Å². The summed E-state index contributed by atoms with van der Waals surface area (Å²) in [4.78, 5) is 4.31. The summed E-state index contributed by atoms with van der Waals surface area (Å²) in [5, 5.41) is 7.74. The molecule has 0 aliphatic rings. The molecule has 0 aliphatic carbocycles. The third-order valence-electron chi connectivity index (χ3n) is 5.82. The molecule has 4 aromatic rings. The quantitative estimate of drug-likeness (QED) is 0.221. The monoisotopic (exact) mass is 555 g/mol. The zero-order valence-electron chi connectivity index (χ0n) is 22.1. The molecule has 0 amide bonds. The van der Waals surface area contributed by atoms with Crippen LogP contribution >= 0.6 is 12.2 Å². The van der Waals surface area contributed by atoms with Gasteiger partial charge in [-0.25, -0.2) is 9.67 Å². The number of nitrogens with zero attached hydrogens (tertiary/aromatic N) is 3. The lowest BCUT2D eigenvalue weighted by Gasteiger charge is -2.12. The summed E-state index contributed by atoms with van der Waals surface area (Å²) in [6.07, 6.45) is 1.07. The maximum Gasteiger partial charge on any atom is 0.573 e. The first-order valence-corrected chi connectivity index (χ1v) is 13.0. The minimum atomic E-state index is -4.70. The van der Waals surface area contributed by atoms with Gasteiger partial charge in [-0.1, -0.05) is 56.7 Å². The van der Waals surface area contributed by atoms with Gasteiger partial charge in [0.05, 0.1) is 5.69 Å². The Bertz CT molecular complexity index is 1370. The van der Waals surface area contributed by atoms with Crippen LogP contribution < -0.4 is 15.8 Å². The second kappa shape index (κ2) is 13.7. The average molecular weight is 556 g/mol. The topological polar surface area (TPSA) is 78.0 Å². The number of ether oxygens (including phenoxy) is 1. The van der Waals surface area contributed by atoms with E-state index in [9.17, 15) is 13.2 Å². The lowest BCUT2D eigenvalue weighted by molar-refractivity contribution is -0.274. The van der Waals surface area contributed by atoms with Gasteiger partial charge in [0.15, 0.2) is 10.9 Å². The Kier molecular flexibility index (Phi) is 10.4.